The molecule has 0 aromatic carbocycles. The predicted octanol–water partition coefficient (Wildman–Crippen LogP) is 19.2. The monoisotopic (exact) mass is 905 g/mol. The SMILES string of the molecule is CCCCCCCCCCCCCCCCCCCC(=O)OC[C@@H](COC(=O)CCCCCCCCCCCCCCCCC)OC(=O)CCCCCCCCCCCCCCCC. The van der Waals surface area contributed by atoms with Crippen molar-refractivity contribution in [3.63, 3.8) is 0 Å². The van der Waals surface area contributed by atoms with E-state index < -0.39 is 6.10 Å². The van der Waals surface area contributed by atoms with E-state index in [1.165, 1.54) is 238 Å². The van der Waals surface area contributed by atoms with Crippen LogP contribution in [-0.2, 0) is 28.6 Å². The number of hydrogen-bond acceptors (Lipinski definition) is 6. The summed E-state index contributed by atoms with van der Waals surface area (Å²) < 4.78 is 16.9. The Morgan fingerprint density at radius 3 is 0.625 bits per heavy atom. The van der Waals surface area contributed by atoms with Crippen molar-refractivity contribution in [2.24, 2.45) is 0 Å². The highest BCUT2D eigenvalue weighted by Gasteiger charge is 2.19. The van der Waals surface area contributed by atoms with E-state index in [0.717, 1.165) is 57.8 Å². The third-order valence-corrected chi connectivity index (χ3v) is 13.4. The number of esters is 3. The van der Waals surface area contributed by atoms with Crippen LogP contribution in [0.25, 0.3) is 0 Å². The lowest BCUT2D eigenvalue weighted by Gasteiger charge is -2.18. The molecule has 0 rings (SSSR count). The molecule has 6 nitrogen and oxygen atoms in total. The first-order valence-electron chi connectivity index (χ1n) is 29.0. The number of carbonyl (C=O) groups excluding carboxylic acids is 3. The van der Waals surface area contributed by atoms with Gasteiger partial charge in [-0.1, -0.05) is 297 Å². The van der Waals surface area contributed by atoms with Gasteiger partial charge in [-0.3, -0.25) is 14.4 Å². The minimum atomic E-state index is -0.761. The largest absolute Gasteiger partial charge is 0.462 e. The van der Waals surface area contributed by atoms with Gasteiger partial charge in [-0.05, 0) is 19.3 Å². The van der Waals surface area contributed by atoms with E-state index in [9.17, 15) is 14.4 Å². The zero-order valence-electron chi connectivity index (χ0n) is 43.6. The van der Waals surface area contributed by atoms with Crippen LogP contribution in [0.2, 0.25) is 0 Å². The summed E-state index contributed by atoms with van der Waals surface area (Å²) in [5.74, 6) is -0.831. The molecule has 0 fully saturated rings. The highest BCUT2D eigenvalue weighted by molar-refractivity contribution is 5.71. The second kappa shape index (κ2) is 54.0. The Bertz CT molecular complexity index is 951. The van der Waals surface area contributed by atoms with Gasteiger partial charge in [0, 0.05) is 19.3 Å². The van der Waals surface area contributed by atoms with Gasteiger partial charge in [-0.15, -0.1) is 0 Å². The summed E-state index contributed by atoms with van der Waals surface area (Å²) in [7, 11) is 0. The molecule has 0 amide bonds. The topological polar surface area (TPSA) is 78.9 Å². The maximum atomic E-state index is 12.8. The van der Waals surface area contributed by atoms with Crippen LogP contribution >= 0.6 is 0 Å². The fourth-order valence-corrected chi connectivity index (χ4v) is 8.98. The van der Waals surface area contributed by atoms with Crippen LogP contribution in [0, 0.1) is 0 Å². The van der Waals surface area contributed by atoms with Crippen LogP contribution in [-0.4, -0.2) is 37.2 Å². The molecule has 0 spiro atoms. The van der Waals surface area contributed by atoms with Gasteiger partial charge in [-0.2, -0.15) is 0 Å². The highest BCUT2D eigenvalue weighted by Crippen LogP contribution is 2.18. The first kappa shape index (κ1) is 62.4. The summed E-state index contributed by atoms with van der Waals surface area (Å²) in [5, 5.41) is 0. The van der Waals surface area contributed by atoms with Crippen molar-refractivity contribution in [1.29, 1.82) is 0 Å². The smallest absolute Gasteiger partial charge is 0.306 e. The lowest BCUT2D eigenvalue weighted by Crippen LogP contribution is -2.30. The van der Waals surface area contributed by atoms with Crippen LogP contribution in [0.3, 0.4) is 0 Å². The van der Waals surface area contributed by atoms with Crippen LogP contribution < -0.4 is 0 Å². The third-order valence-electron chi connectivity index (χ3n) is 13.4. The molecule has 0 saturated heterocycles. The molecule has 0 aliphatic carbocycles. The molecule has 0 aliphatic heterocycles. The lowest BCUT2D eigenvalue weighted by atomic mass is 10.0. The van der Waals surface area contributed by atoms with E-state index in [1.54, 1.807) is 0 Å². The molecule has 0 saturated carbocycles. The van der Waals surface area contributed by atoms with Gasteiger partial charge < -0.3 is 14.2 Å². The Hall–Kier alpha value is -1.59. The molecule has 0 aromatic rings. The highest BCUT2D eigenvalue weighted by atomic mass is 16.6. The van der Waals surface area contributed by atoms with Crippen molar-refractivity contribution in [2.45, 2.75) is 341 Å². The summed E-state index contributed by atoms with van der Waals surface area (Å²) in [6, 6.07) is 0. The summed E-state index contributed by atoms with van der Waals surface area (Å²) >= 11 is 0. The Labute approximate surface area is 399 Å². The molecule has 0 radical (unpaired) electrons. The Balaban J connectivity index is 4.28. The van der Waals surface area contributed by atoms with Crippen molar-refractivity contribution in [3.8, 4) is 0 Å². The predicted molar refractivity (Wildman–Crippen MR) is 275 cm³/mol. The van der Waals surface area contributed by atoms with E-state index in [0.29, 0.717) is 19.3 Å². The fourth-order valence-electron chi connectivity index (χ4n) is 8.98. The van der Waals surface area contributed by atoms with Crippen molar-refractivity contribution >= 4 is 17.9 Å². The summed E-state index contributed by atoms with van der Waals surface area (Å²) in [6.07, 6.45) is 59.4. The molecule has 0 aromatic heterocycles. The first-order valence-corrected chi connectivity index (χ1v) is 29.0. The molecule has 6 heteroatoms. The van der Waals surface area contributed by atoms with Gasteiger partial charge in [0.15, 0.2) is 6.10 Å². The van der Waals surface area contributed by atoms with Crippen molar-refractivity contribution in [1.82, 2.24) is 0 Å². The van der Waals surface area contributed by atoms with Crippen molar-refractivity contribution < 1.29 is 28.6 Å². The zero-order valence-corrected chi connectivity index (χ0v) is 43.6. The maximum absolute atomic E-state index is 12.8. The molecule has 0 heterocycles. The molecule has 0 bridgehead atoms. The van der Waals surface area contributed by atoms with Gasteiger partial charge in [-0.25, -0.2) is 0 Å². The van der Waals surface area contributed by atoms with E-state index in [4.69, 9.17) is 14.2 Å². The fraction of sp³-hybridized carbons (Fsp3) is 0.948. The van der Waals surface area contributed by atoms with Gasteiger partial charge in [0.05, 0.1) is 0 Å². The van der Waals surface area contributed by atoms with Crippen molar-refractivity contribution in [3.05, 3.63) is 0 Å². The second-order valence-electron chi connectivity index (χ2n) is 19.9. The molecule has 380 valence electrons. The van der Waals surface area contributed by atoms with E-state index in [-0.39, 0.29) is 31.1 Å². The average molecular weight is 906 g/mol. The molecule has 0 N–H and O–H groups in total. The van der Waals surface area contributed by atoms with Gasteiger partial charge >= 0.3 is 17.9 Å². The summed E-state index contributed by atoms with van der Waals surface area (Å²) in [5.41, 5.74) is 0. The minimum absolute atomic E-state index is 0.0610. The Morgan fingerprint density at radius 2 is 0.422 bits per heavy atom. The zero-order chi connectivity index (χ0) is 46.5. The molecule has 64 heavy (non-hydrogen) atoms. The quantitative estimate of drug-likeness (QED) is 0.0344. The number of ether oxygens (including phenoxy) is 3. The van der Waals surface area contributed by atoms with Gasteiger partial charge in [0.1, 0.15) is 13.2 Å². The normalized spacial score (nSPS) is 11.9. The molecule has 0 aliphatic rings. The summed E-state index contributed by atoms with van der Waals surface area (Å²) in [6.45, 7) is 6.71. The van der Waals surface area contributed by atoms with Gasteiger partial charge in [0.25, 0.3) is 0 Å². The maximum Gasteiger partial charge on any atom is 0.306 e. The molecular formula is C58H112O6. The minimum Gasteiger partial charge on any atom is -0.462 e. The average Bonchev–Trinajstić information content (AvgIpc) is 3.29. The van der Waals surface area contributed by atoms with Crippen LogP contribution in [0.15, 0.2) is 0 Å². The van der Waals surface area contributed by atoms with Crippen LogP contribution in [0.1, 0.15) is 335 Å². The molecule has 1 atom stereocenters. The van der Waals surface area contributed by atoms with Crippen LogP contribution in [0.5, 0.6) is 0 Å². The first-order chi connectivity index (χ1) is 31.5. The number of unbranched alkanes of at least 4 members (excludes halogenated alkanes) is 43. The molecule has 0 unspecified atom stereocenters. The van der Waals surface area contributed by atoms with E-state index >= 15 is 0 Å². The number of hydrogen-bond donors (Lipinski definition) is 0. The Kier molecular flexibility index (Phi) is 52.7. The summed E-state index contributed by atoms with van der Waals surface area (Å²) in [4.78, 5) is 38.1. The van der Waals surface area contributed by atoms with E-state index in [1.807, 2.05) is 0 Å². The van der Waals surface area contributed by atoms with Crippen molar-refractivity contribution in [2.75, 3.05) is 13.2 Å². The van der Waals surface area contributed by atoms with E-state index in [2.05, 4.69) is 20.8 Å². The number of rotatable bonds is 54. The third kappa shape index (κ3) is 51.4. The lowest BCUT2D eigenvalue weighted by molar-refractivity contribution is -0.167. The second-order valence-corrected chi connectivity index (χ2v) is 19.9. The standard InChI is InChI=1S/C58H112O6/c1-4-7-10-13-16-19-22-25-28-29-31-34-36-39-42-45-48-51-57(60)63-54-55(64-58(61)52-49-46-43-40-37-32-27-24-21-18-15-12-9-6-3)53-62-56(59)50-47-44-41-38-35-33-30-26-23-20-17-14-11-8-5-2/h55H,4-54H2,1-3H3/t55-/m1/s1. The molecular weight excluding hydrogens is 793 g/mol. The number of carbonyl (C=O) groups is 3. The van der Waals surface area contributed by atoms with Gasteiger partial charge in [0.2, 0.25) is 0 Å². The Morgan fingerprint density at radius 1 is 0.250 bits per heavy atom. The van der Waals surface area contributed by atoms with Crippen LogP contribution in [0.4, 0.5) is 0 Å².